The molecular weight excluding hydrogens is 337 g/mol. The molecule has 9 heteroatoms. The van der Waals surface area contributed by atoms with E-state index in [0.717, 1.165) is 38.5 Å². The highest BCUT2D eigenvalue weighted by molar-refractivity contribution is 7.46. The van der Waals surface area contributed by atoms with Gasteiger partial charge < -0.3 is 30.8 Å². The van der Waals surface area contributed by atoms with E-state index in [9.17, 15) is 14.8 Å². The van der Waals surface area contributed by atoms with Crippen LogP contribution in [0.4, 0.5) is 0 Å². The second-order valence-corrected chi connectivity index (χ2v) is 7.07. The average molecular weight is 373 g/mol. The fraction of sp³-hybridized carbons (Fsp3) is 1.00. The van der Waals surface area contributed by atoms with E-state index in [-0.39, 0.29) is 19.8 Å². The number of unbranched alkanes of at least 4 members (excludes halogenated alkanes) is 4. The van der Waals surface area contributed by atoms with E-state index >= 15 is 0 Å². The summed E-state index contributed by atoms with van der Waals surface area (Å²) in [5.74, 6) is 0. The largest absolute Gasteiger partial charge is 0.469 e. The molecule has 0 aromatic heterocycles. The van der Waals surface area contributed by atoms with Gasteiger partial charge in [0.2, 0.25) is 0 Å². The number of phosphoric ester groups is 1. The first-order valence-corrected chi connectivity index (χ1v) is 10.1. The molecule has 0 saturated heterocycles. The van der Waals surface area contributed by atoms with E-state index in [0.29, 0.717) is 12.8 Å². The van der Waals surface area contributed by atoms with Gasteiger partial charge in [0.1, 0.15) is 6.10 Å². The summed E-state index contributed by atoms with van der Waals surface area (Å²) in [6.07, 6.45) is 6.33. The molecule has 0 aliphatic rings. The lowest BCUT2D eigenvalue weighted by atomic mass is 9.85. The molecule has 0 saturated carbocycles. The maximum atomic E-state index is 10.3. The molecular formula is C15H36NO7P. The van der Waals surface area contributed by atoms with Crippen molar-refractivity contribution in [2.24, 2.45) is 5.73 Å². The van der Waals surface area contributed by atoms with Crippen molar-refractivity contribution in [3.63, 3.8) is 0 Å². The van der Waals surface area contributed by atoms with Gasteiger partial charge in [-0.2, -0.15) is 0 Å². The molecule has 0 heterocycles. The molecule has 1 atom stereocenters. The van der Waals surface area contributed by atoms with Crippen molar-refractivity contribution in [2.75, 3.05) is 19.8 Å². The quantitative estimate of drug-likeness (QED) is 0.208. The fourth-order valence-corrected chi connectivity index (χ4v) is 2.51. The minimum atomic E-state index is -4.26. The van der Waals surface area contributed by atoms with Gasteiger partial charge in [-0.25, -0.2) is 4.57 Å². The van der Waals surface area contributed by atoms with Crippen LogP contribution in [-0.4, -0.2) is 56.6 Å². The monoisotopic (exact) mass is 373 g/mol. The third kappa shape index (κ3) is 15.5. The Morgan fingerprint density at radius 3 is 1.79 bits per heavy atom. The smallest absolute Gasteiger partial charge is 0.394 e. The molecule has 0 bridgehead atoms. The Bertz CT molecular complexity index is 315. The fourth-order valence-electron chi connectivity index (χ4n) is 2.16. The van der Waals surface area contributed by atoms with Crippen LogP contribution in [-0.2, 0) is 9.09 Å². The van der Waals surface area contributed by atoms with Gasteiger partial charge in [0.25, 0.3) is 0 Å². The Labute approximate surface area is 145 Å². The van der Waals surface area contributed by atoms with Gasteiger partial charge in [-0.05, 0) is 12.8 Å². The van der Waals surface area contributed by atoms with Crippen LogP contribution in [0.2, 0.25) is 0 Å². The van der Waals surface area contributed by atoms with Crippen molar-refractivity contribution >= 4 is 7.82 Å². The summed E-state index contributed by atoms with van der Waals surface area (Å²) in [7, 11) is -4.26. The number of phosphoric acid groups is 1. The van der Waals surface area contributed by atoms with Gasteiger partial charge in [0, 0.05) is 6.54 Å². The second kappa shape index (κ2) is 15.2. The van der Waals surface area contributed by atoms with Crippen molar-refractivity contribution in [1.29, 1.82) is 0 Å². The van der Waals surface area contributed by atoms with Crippen molar-refractivity contribution in [3.8, 4) is 0 Å². The van der Waals surface area contributed by atoms with Crippen molar-refractivity contribution in [1.82, 2.24) is 0 Å². The topological polar surface area (TPSA) is 153 Å². The first-order chi connectivity index (χ1) is 11.2. The van der Waals surface area contributed by atoms with E-state index in [4.69, 9.17) is 20.6 Å². The van der Waals surface area contributed by atoms with Crippen LogP contribution >= 0.6 is 7.82 Å². The van der Waals surface area contributed by atoms with Gasteiger partial charge in [-0.3, -0.25) is 4.52 Å². The summed E-state index contributed by atoms with van der Waals surface area (Å²) >= 11 is 0. The maximum Gasteiger partial charge on any atom is 0.469 e. The molecule has 0 aromatic rings. The molecule has 0 spiro atoms. The molecule has 8 nitrogen and oxygen atoms in total. The lowest BCUT2D eigenvalue weighted by Crippen LogP contribution is -2.44. The Hall–Kier alpha value is -0.0500. The Morgan fingerprint density at radius 2 is 1.54 bits per heavy atom. The van der Waals surface area contributed by atoms with Crippen LogP contribution in [0, 0.1) is 0 Å². The molecule has 7 N–H and O–H groups in total. The number of hydrogen-bond acceptors (Lipinski definition) is 6. The predicted molar refractivity (Wildman–Crippen MR) is 93.4 cm³/mol. The van der Waals surface area contributed by atoms with Crippen molar-refractivity contribution in [3.05, 3.63) is 0 Å². The zero-order chi connectivity index (χ0) is 19.1. The summed E-state index contributed by atoms with van der Waals surface area (Å²) in [4.78, 5) is 16.0. The van der Waals surface area contributed by atoms with Crippen LogP contribution in [0.1, 0.15) is 65.2 Å². The van der Waals surface area contributed by atoms with E-state index in [1.165, 1.54) is 0 Å². The minimum absolute atomic E-state index is 0.107. The number of aliphatic hydroxyl groups is 3. The average Bonchev–Trinajstić information content (AvgIpc) is 2.52. The molecule has 0 rings (SSSR count). The lowest BCUT2D eigenvalue weighted by Gasteiger charge is -2.32. The third-order valence-electron chi connectivity index (χ3n) is 3.60. The molecule has 148 valence electrons. The number of nitrogens with two attached hydrogens (primary N) is 1. The number of rotatable bonds is 13. The summed E-state index contributed by atoms with van der Waals surface area (Å²) < 4.78 is 13.7. The van der Waals surface area contributed by atoms with Gasteiger partial charge in [-0.15, -0.1) is 0 Å². The zero-order valence-electron chi connectivity index (χ0n) is 14.9. The van der Waals surface area contributed by atoms with E-state index in [2.05, 4.69) is 18.4 Å². The van der Waals surface area contributed by atoms with E-state index in [1.54, 1.807) is 0 Å². The van der Waals surface area contributed by atoms with Crippen molar-refractivity contribution in [2.45, 2.75) is 76.9 Å². The van der Waals surface area contributed by atoms with Crippen LogP contribution < -0.4 is 5.73 Å². The predicted octanol–water partition coefficient (Wildman–Crippen LogP) is 1.29. The van der Waals surface area contributed by atoms with Gasteiger partial charge >= 0.3 is 7.82 Å². The molecule has 24 heavy (non-hydrogen) atoms. The number of hydrogen-bond donors (Lipinski definition) is 6. The van der Waals surface area contributed by atoms with Crippen LogP contribution in [0.15, 0.2) is 0 Å². The first kappa shape index (κ1) is 26.2. The van der Waals surface area contributed by atoms with Crippen LogP contribution in [0.3, 0.4) is 0 Å². The SMILES string of the molecule is CCCCCC(O)(CCCCC)[C@@H](O)CO.NCCOP(=O)(O)O. The van der Waals surface area contributed by atoms with Gasteiger partial charge in [0.05, 0.1) is 18.8 Å². The van der Waals surface area contributed by atoms with E-state index in [1.807, 2.05) is 0 Å². The normalized spacial score (nSPS) is 13.3. The third-order valence-corrected chi connectivity index (χ3v) is 4.12. The Balaban J connectivity index is 0. The highest BCUT2D eigenvalue weighted by Gasteiger charge is 2.33. The summed E-state index contributed by atoms with van der Waals surface area (Å²) in [5, 5.41) is 29.0. The molecule has 0 aromatic carbocycles. The summed E-state index contributed by atoms with van der Waals surface area (Å²) in [5.41, 5.74) is 3.78. The molecule has 0 aliphatic carbocycles. The molecule has 0 amide bonds. The lowest BCUT2D eigenvalue weighted by molar-refractivity contribution is -0.106. The molecule has 0 unspecified atom stereocenters. The highest BCUT2D eigenvalue weighted by atomic mass is 31.2. The van der Waals surface area contributed by atoms with Gasteiger partial charge in [0.15, 0.2) is 0 Å². The van der Waals surface area contributed by atoms with Crippen molar-refractivity contribution < 1.29 is 34.2 Å². The summed E-state index contributed by atoms with van der Waals surface area (Å²) in [6.45, 7) is 3.88. The van der Waals surface area contributed by atoms with E-state index < -0.39 is 19.5 Å². The van der Waals surface area contributed by atoms with Crippen LogP contribution in [0.25, 0.3) is 0 Å². The molecule has 0 aliphatic heterocycles. The number of aliphatic hydroxyl groups excluding tert-OH is 2. The highest BCUT2D eigenvalue weighted by Crippen LogP contribution is 2.34. The summed E-state index contributed by atoms with van der Waals surface area (Å²) in [6, 6.07) is 0. The Kier molecular flexibility index (Phi) is 16.6. The molecule has 0 radical (unpaired) electrons. The minimum Gasteiger partial charge on any atom is -0.394 e. The second-order valence-electron chi connectivity index (χ2n) is 5.83. The first-order valence-electron chi connectivity index (χ1n) is 8.58. The Morgan fingerprint density at radius 1 is 1.08 bits per heavy atom. The van der Waals surface area contributed by atoms with Gasteiger partial charge in [-0.1, -0.05) is 52.4 Å². The zero-order valence-corrected chi connectivity index (χ0v) is 15.8. The molecule has 0 fully saturated rings. The van der Waals surface area contributed by atoms with Crippen LogP contribution in [0.5, 0.6) is 0 Å². The maximum absolute atomic E-state index is 10.3. The standard InChI is InChI=1S/C13H28O3.C2H8NO4P/c1-3-5-7-9-13(16,12(15)11-14)10-8-6-4-2;3-1-2-7-8(4,5)6/h12,14-16H,3-11H2,1-2H3;1-3H2,(H2,4,5,6)/t12-;/m0./s1.